The highest BCUT2D eigenvalue weighted by atomic mass is 35.5. The third kappa shape index (κ3) is 1.62. The van der Waals surface area contributed by atoms with Crippen molar-refractivity contribution in [3.05, 3.63) is 35.4 Å². The molecule has 0 amide bonds. The summed E-state index contributed by atoms with van der Waals surface area (Å²) >= 11 is 6.11. The van der Waals surface area contributed by atoms with Gasteiger partial charge in [0.05, 0.1) is 5.38 Å². The fraction of sp³-hybridized carbons (Fsp3) is 0.364. The van der Waals surface area contributed by atoms with E-state index >= 15 is 0 Å². The van der Waals surface area contributed by atoms with Gasteiger partial charge in [-0.05, 0) is 17.5 Å². The lowest BCUT2D eigenvalue weighted by molar-refractivity contribution is -0.146. The van der Waals surface area contributed by atoms with E-state index in [1.807, 2.05) is 24.3 Å². The fourth-order valence-electron chi connectivity index (χ4n) is 1.83. The van der Waals surface area contributed by atoms with Crippen LogP contribution in [-0.4, -0.2) is 11.3 Å². The highest BCUT2D eigenvalue weighted by molar-refractivity contribution is 6.21. The second-order valence-corrected chi connectivity index (χ2v) is 4.01. The zero-order valence-corrected chi connectivity index (χ0v) is 8.62. The molecule has 0 unspecified atom stereocenters. The molecule has 1 aliphatic carbocycles. The maximum Gasteiger partial charge on any atom is 0.303 e. The van der Waals surface area contributed by atoms with E-state index in [-0.39, 0.29) is 17.5 Å². The van der Waals surface area contributed by atoms with Gasteiger partial charge in [0.1, 0.15) is 6.10 Å². The molecule has 0 saturated heterocycles. The Bertz CT molecular complexity index is 362. The lowest BCUT2D eigenvalue weighted by atomic mass is 10.1. The summed E-state index contributed by atoms with van der Waals surface area (Å²) in [4.78, 5) is 10.9. The van der Waals surface area contributed by atoms with Crippen LogP contribution in [0.25, 0.3) is 0 Å². The number of ether oxygens (including phenoxy) is 1. The predicted octanol–water partition coefficient (Wildman–Crippen LogP) is 2.45. The zero-order chi connectivity index (χ0) is 10.1. The van der Waals surface area contributed by atoms with E-state index < -0.39 is 0 Å². The molecule has 0 heterocycles. The average molecular weight is 211 g/mol. The molecule has 0 aliphatic heterocycles. The van der Waals surface area contributed by atoms with Crippen molar-refractivity contribution in [3.63, 3.8) is 0 Å². The number of hydrogen-bond donors (Lipinski definition) is 0. The molecule has 2 rings (SSSR count). The number of alkyl halides is 1. The first kappa shape index (κ1) is 9.53. The number of carbonyl (C=O) groups excluding carboxylic acids is 1. The summed E-state index contributed by atoms with van der Waals surface area (Å²) in [6.07, 6.45) is 0.501. The van der Waals surface area contributed by atoms with Gasteiger partial charge in [-0.25, -0.2) is 0 Å². The highest BCUT2D eigenvalue weighted by Crippen LogP contribution is 2.37. The van der Waals surface area contributed by atoms with Gasteiger partial charge < -0.3 is 4.74 Å². The Morgan fingerprint density at radius 2 is 2.21 bits per heavy atom. The van der Waals surface area contributed by atoms with Crippen molar-refractivity contribution in [2.75, 3.05) is 0 Å². The second kappa shape index (κ2) is 3.62. The van der Waals surface area contributed by atoms with Crippen LogP contribution in [0.1, 0.15) is 24.2 Å². The number of benzene rings is 1. The standard InChI is InChI=1S/C11H11ClO2/c1-7(13)14-11-9-5-3-2-4-8(9)6-10(11)12/h2-5,10-11H,6H2,1H3/t10-,11-/m0/s1. The molecule has 0 radical (unpaired) electrons. The van der Waals surface area contributed by atoms with Crippen molar-refractivity contribution in [2.45, 2.75) is 24.8 Å². The lowest BCUT2D eigenvalue weighted by Gasteiger charge is -2.14. The molecule has 14 heavy (non-hydrogen) atoms. The van der Waals surface area contributed by atoms with Gasteiger partial charge in [-0.15, -0.1) is 11.6 Å². The van der Waals surface area contributed by atoms with E-state index in [9.17, 15) is 4.79 Å². The van der Waals surface area contributed by atoms with Crippen LogP contribution in [-0.2, 0) is 16.0 Å². The molecule has 0 bridgehead atoms. The first-order chi connectivity index (χ1) is 6.68. The number of carbonyl (C=O) groups is 1. The van der Waals surface area contributed by atoms with Gasteiger partial charge in [-0.2, -0.15) is 0 Å². The SMILES string of the molecule is CC(=O)O[C@H]1c2ccccc2C[C@@H]1Cl. The highest BCUT2D eigenvalue weighted by Gasteiger charge is 2.32. The van der Waals surface area contributed by atoms with Crippen LogP contribution in [0.5, 0.6) is 0 Å². The maximum absolute atomic E-state index is 10.9. The van der Waals surface area contributed by atoms with Crippen molar-refractivity contribution in [1.82, 2.24) is 0 Å². The molecule has 0 aromatic heterocycles. The van der Waals surface area contributed by atoms with Gasteiger partial charge in [-0.3, -0.25) is 4.79 Å². The Balaban J connectivity index is 2.30. The lowest BCUT2D eigenvalue weighted by Crippen LogP contribution is -2.13. The average Bonchev–Trinajstić information content (AvgIpc) is 2.43. The molecule has 0 spiro atoms. The third-order valence-electron chi connectivity index (χ3n) is 2.40. The van der Waals surface area contributed by atoms with Crippen LogP contribution in [0.15, 0.2) is 24.3 Å². The summed E-state index contributed by atoms with van der Waals surface area (Å²) in [5.74, 6) is -0.280. The summed E-state index contributed by atoms with van der Waals surface area (Å²) in [5.41, 5.74) is 2.22. The van der Waals surface area contributed by atoms with Crippen LogP contribution in [0.2, 0.25) is 0 Å². The Kier molecular flexibility index (Phi) is 2.46. The van der Waals surface area contributed by atoms with Crippen molar-refractivity contribution in [2.24, 2.45) is 0 Å². The van der Waals surface area contributed by atoms with Crippen LogP contribution in [0.4, 0.5) is 0 Å². The summed E-state index contributed by atoms with van der Waals surface area (Å²) in [5, 5.41) is -0.128. The monoisotopic (exact) mass is 210 g/mol. The van der Waals surface area contributed by atoms with Crippen molar-refractivity contribution < 1.29 is 9.53 Å². The second-order valence-electron chi connectivity index (χ2n) is 3.45. The molecule has 1 aliphatic rings. The van der Waals surface area contributed by atoms with E-state index in [1.165, 1.54) is 12.5 Å². The first-order valence-corrected chi connectivity index (χ1v) is 5.01. The molecule has 1 aromatic carbocycles. The minimum absolute atomic E-state index is 0.128. The van der Waals surface area contributed by atoms with Gasteiger partial charge in [0.15, 0.2) is 0 Å². The largest absolute Gasteiger partial charge is 0.456 e. The molecule has 0 saturated carbocycles. The molecule has 0 fully saturated rings. The van der Waals surface area contributed by atoms with Crippen molar-refractivity contribution >= 4 is 17.6 Å². The third-order valence-corrected chi connectivity index (χ3v) is 2.78. The van der Waals surface area contributed by atoms with Crippen molar-refractivity contribution in [1.29, 1.82) is 0 Å². The predicted molar refractivity (Wildman–Crippen MR) is 54.3 cm³/mol. The number of halogens is 1. The Morgan fingerprint density at radius 1 is 1.50 bits per heavy atom. The number of esters is 1. The Hall–Kier alpha value is -1.02. The normalized spacial score (nSPS) is 24.4. The van der Waals surface area contributed by atoms with Gasteiger partial charge in [0.25, 0.3) is 0 Å². The summed E-state index contributed by atoms with van der Waals surface area (Å²) in [7, 11) is 0. The molecule has 3 heteroatoms. The number of rotatable bonds is 1. The van der Waals surface area contributed by atoms with E-state index in [0.29, 0.717) is 0 Å². The van der Waals surface area contributed by atoms with Gasteiger partial charge in [-0.1, -0.05) is 24.3 Å². The zero-order valence-electron chi connectivity index (χ0n) is 7.87. The minimum Gasteiger partial charge on any atom is -0.456 e. The molecule has 2 atom stereocenters. The van der Waals surface area contributed by atoms with E-state index in [2.05, 4.69) is 0 Å². The first-order valence-electron chi connectivity index (χ1n) is 4.57. The van der Waals surface area contributed by atoms with Gasteiger partial charge in [0.2, 0.25) is 0 Å². The van der Waals surface area contributed by atoms with Crippen LogP contribution in [0.3, 0.4) is 0 Å². The van der Waals surface area contributed by atoms with Gasteiger partial charge >= 0.3 is 5.97 Å². The summed E-state index contributed by atoms with van der Waals surface area (Å²) < 4.78 is 5.18. The number of hydrogen-bond acceptors (Lipinski definition) is 2. The smallest absolute Gasteiger partial charge is 0.303 e. The van der Waals surface area contributed by atoms with Crippen molar-refractivity contribution in [3.8, 4) is 0 Å². The van der Waals surface area contributed by atoms with Gasteiger partial charge in [0, 0.05) is 6.92 Å². The molecule has 74 valence electrons. The van der Waals surface area contributed by atoms with E-state index in [4.69, 9.17) is 16.3 Å². The summed E-state index contributed by atoms with van der Waals surface area (Å²) in [6, 6.07) is 7.89. The molecule has 1 aromatic rings. The Morgan fingerprint density at radius 3 is 2.93 bits per heavy atom. The topological polar surface area (TPSA) is 26.3 Å². The van der Waals surface area contributed by atoms with E-state index in [1.54, 1.807) is 0 Å². The molecular formula is C11H11ClO2. The summed E-state index contributed by atoms with van der Waals surface area (Å²) in [6.45, 7) is 1.41. The van der Waals surface area contributed by atoms with Crippen LogP contribution < -0.4 is 0 Å². The van der Waals surface area contributed by atoms with Crippen LogP contribution >= 0.6 is 11.6 Å². The Labute approximate surface area is 87.8 Å². The molecular weight excluding hydrogens is 200 g/mol. The maximum atomic E-state index is 10.9. The quantitative estimate of drug-likeness (QED) is 0.526. The van der Waals surface area contributed by atoms with Crippen LogP contribution in [0, 0.1) is 0 Å². The number of fused-ring (bicyclic) bond motifs is 1. The fourth-order valence-corrected chi connectivity index (χ4v) is 2.18. The minimum atomic E-state index is -0.280. The molecule has 0 N–H and O–H groups in total. The van der Waals surface area contributed by atoms with E-state index in [0.717, 1.165) is 12.0 Å². The molecule has 2 nitrogen and oxygen atoms in total.